The molecule has 0 aliphatic carbocycles. The van der Waals surface area contributed by atoms with Crippen molar-refractivity contribution in [1.82, 2.24) is 14.8 Å². The summed E-state index contributed by atoms with van der Waals surface area (Å²) in [4.78, 5) is 25.7. The second kappa shape index (κ2) is 5.24. The second-order valence-corrected chi connectivity index (χ2v) is 5.49. The van der Waals surface area contributed by atoms with Crippen LogP contribution in [0, 0.1) is 0 Å². The van der Waals surface area contributed by atoms with Gasteiger partial charge in [0.05, 0.1) is 17.1 Å². The third-order valence-corrected chi connectivity index (χ3v) is 4.01. The number of fused-ring (bicyclic) bond motifs is 1. The third-order valence-electron chi connectivity index (χ3n) is 4.01. The Labute approximate surface area is 123 Å². The molecule has 0 saturated carbocycles. The minimum absolute atomic E-state index is 0.0588. The number of carbonyl (C=O) groups excluding carboxylic acids is 2. The van der Waals surface area contributed by atoms with Crippen molar-refractivity contribution < 1.29 is 9.59 Å². The van der Waals surface area contributed by atoms with Crippen LogP contribution in [0.4, 0.5) is 0 Å². The van der Waals surface area contributed by atoms with E-state index in [9.17, 15) is 9.59 Å². The van der Waals surface area contributed by atoms with Gasteiger partial charge in [-0.1, -0.05) is 19.1 Å². The van der Waals surface area contributed by atoms with Crippen molar-refractivity contribution in [2.75, 3.05) is 13.1 Å². The molecule has 0 spiro atoms. The molecule has 1 aliphatic heterocycles. The standard InChI is InChI=1S/C16H19N3O2/c1-3-14(20)19-9-12(10-19)17-16(21)13-6-4-5-11-7-8-18(2)15(11)13/h4-8,12H,3,9-10H2,1-2H3,(H,17,21). The molecule has 3 rings (SSSR count). The summed E-state index contributed by atoms with van der Waals surface area (Å²) in [6, 6.07) is 7.79. The number of carbonyl (C=O) groups is 2. The quantitative estimate of drug-likeness (QED) is 0.930. The first-order chi connectivity index (χ1) is 10.1. The van der Waals surface area contributed by atoms with E-state index in [-0.39, 0.29) is 17.9 Å². The maximum atomic E-state index is 12.4. The first kappa shape index (κ1) is 13.7. The first-order valence-corrected chi connectivity index (χ1v) is 7.23. The summed E-state index contributed by atoms with van der Waals surface area (Å²) >= 11 is 0. The number of likely N-dealkylation sites (tertiary alicyclic amines) is 1. The lowest BCUT2D eigenvalue weighted by molar-refractivity contribution is -0.135. The van der Waals surface area contributed by atoms with E-state index in [4.69, 9.17) is 0 Å². The van der Waals surface area contributed by atoms with Crippen molar-refractivity contribution in [2.24, 2.45) is 7.05 Å². The molecule has 1 saturated heterocycles. The first-order valence-electron chi connectivity index (χ1n) is 7.23. The van der Waals surface area contributed by atoms with E-state index in [2.05, 4.69) is 5.32 Å². The number of nitrogens with zero attached hydrogens (tertiary/aromatic N) is 2. The fraction of sp³-hybridized carbons (Fsp3) is 0.375. The Morgan fingerprint density at radius 1 is 1.29 bits per heavy atom. The largest absolute Gasteiger partial charge is 0.350 e. The van der Waals surface area contributed by atoms with E-state index in [1.807, 2.05) is 49.0 Å². The van der Waals surface area contributed by atoms with Crippen LogP contribution < -0.4 is 5.32 Å². The molecule has 2 amide bonds. The van der Waals surface area contributed by atoms with Gasteiger partial charge in [0.25, 0.3) is 5.91 Å². The lowest BCUT2D eigenvalue weighted by Crippen LogP contribution is -2.60. The lowest BCUT2D eigenvalue weighted by Gasteiger charge is -2.39. The molecule has 1 N–H and O–H groups in total. The highest BCUT2D eigenvalue weighted by Gasteiger charge is 2.31. The van der Waals surface area contributed by atoms with Crippen molar-refractivity contribution >= 4 is 22.7 Å². The minimum atomic E-state index is -0.0732. The average Bonchev–Trinajstić information content (AvgIpc) is 2.83. The zero-order valence-corrected chi connectivity index (χ0v) is 12.3. The molecular formula is C16H19N3O2. The fourth-order valence-corrected chi connectivity index (χ4v) is 2.80. The summed E-state index contributed by atoms with van der Waals surface area (Å²) in [6.45, 7) is 3.08. The molecule has 5 heteroatoms. The second-order valence-electron chi connectivity index (χ2n) is 5.49. The smallest absolute Gasteiger partial charge is 0.253 e. The van der Waals surface area contributed by atoms with Crippen molar-refractivity contribution in [3.05, 3.63) is 36.0 Å². The molecular weight excluding hydrogens is 266 g/mol. The van der Waals surface area contributed by atoms with Crippen molar-refractivity contribution in [3.8, 4) is 0 Å². The summed E-state index contributed by atoms with van der Waals surface area (Å²) in [6.07, 6.45) is 2.47. The molecule has 0 bridgehead atoms. The molecule has 1 aromatic carbocycles. The maximum absolute atomic E-state index is 12.4. The topological polar surface area (TPSA) is 54.3 Å². The molecule has 110 valence electrons. The van der Waals surface area contributed by atoms with E-state index in [0.717, 1.165) is 10.9 Å². The molecule has 2 heterocycles. The highest BCUT2D eigenvalue weighted by atomic mass is 16.2. The van der Waals surface area contributed by atoms with E-state index >= 15 is 0 Å². The number of nitrogens with one attached hydrogen (secondary N) is 1. The number of aromatic nitrogens is 1. The molecule has 5 nitrogen and oxygen atoms in total. The van der Waals surface area contributed by atoms with Gasteiger partial charge in [-0.3, -0.25) is 9.59 Å². The fourth-order valence-electron chi connectivity index (χ4n) is 2.80. The van der Waals surface area contributed by atoms with Crippen LogP contribution in [0.5, 0.6) is 0 Å². The van der Waals surface area contributed by atoms with Crippen LogP contribution in [0.25, 0.3) is 10.9 Å². The van der Waals surface area contributed by atoms with Crippen LogP contribution in [0.2, 0.25) is 0 Å². The third kappa shape index (κ3) is 2.39. The molecule has 0 radical (unpaired) electrons. The zero-order valence-electron chi connectivity index (χ0n) is 12.3. The van der Waals surface area contributed by atoms with Crippen LogP contribution in [-0.4, -0.2) is 40.4 Å². The van der Waals surface area contributed by atoms with Crippen molar-refractivity contribution in [1.29, 1.82) is 0 Å². The summed E-state index contributed by atoms with van der Waals surface area (Å²) < 4.78 is 1.96. The van der Waals surface area contributed by atoms with Gasteiger partial charge in [0.2, 0.25) is 5.91 Å². The molecule has 0 unspecified atom stereocenters. The van der Waals surface area contributed by atoms with E-state index in [1.54, 1.807) is 4.90 Å². The maximum Gasteiger partial charge on any atom is 0.253 e. The number of para-hydroxylation sites is 1. The lowest BCUT2D eigenvalue weighted by atomic mass is 10.1. The van der Waals surface area contributed by atoms with Crippen molar-refractivity contribution in [2.45, 2.75) is 19.4 Å². The Bertz CT molecular complexity index is 699. The number of hydrogen-bond donors (Lipinski definition) is 1. The molecule has 0 atom stereocenters. The average molecular weight is 285 g/mol. The van der Waals surface area contributed by atoms with Crippen LogP contribution in [0.3, 0.4) is 0 Å². The number of hydrogen-bond acceptors (Lipinski definition) is 2. The Kier molecular flexibility index (Phi) is 3.41. The molecule has 1 aromatic heterocycles. The van der Waals surface area contributed by atoms with Crippen LogP contribution >= 0.6 is 0 Å². The van der Waals surface area contributed by atoms with Gasteiger partial charge in [0.1, 0.15) is 0 Å². The van der Waals surface area contributed by atoms with Gasteiger partial charge < -0.3 is 14.8 Å². The summed E-state index contributed by atoms with van der Waals surface area (Å²) in [5.41, 5.74) is 1.62. The SMILES string of the molecule is CCC(=O)N1CC(NC(=O)c2cccc3ccn(C)c23)C1. The Morgan fingerprint density at radius 3 is 2.76 bits per heavy atom. The predicted octanol–water partition coefficient (Wildman–Crippen LogP) is 1.53. The van der Waals surface area contributed by atoms with Gasteiger partial charge in [-0.2, -0.15) is 0 Å². The Morgan fingerprint density at radius 2 is 2.05 bits per heavy atom. The summed E-state index contributed by atoms with van der Waals surface area (Å²) in [5, 5.41) is 4.06. The van der Waals surface area contributed by atoms with Gasteiger partial charge in [-0.15, -0.1) is 0 Å². The number of benzene rings is 1. The van der Waals surface area contributed by atoms with Crippen LogP contribution in [0.1, 0.15) is 23.7 Å². The van der Waals surface area contributed by atoms with Crippen molar-refractivity contribution in [3.63, 3.8) is 0 Å². The molecule has 21 heavy (non-hydrogen) atoms. The Hall–Kier alpha value is -2.30. The Balaban J connectivity index is 1.71. The summed E-state index contributed by atoms with van der Waals surface area (Å²) in [7, 11) is 1.93. The van der Waals surface area contributed by atoms with Gasteiger partial charge >= 0.3 is 0 Å². The van der Waals surface area contributed by atoms with Gasteiger partial charge in [0.15, 0.2) is 0 Å². The highest BCUT2D eigenvalue weighted by molar-refractivity contribution is 6.06. The highest BCUT2D eigenvalue weighted by Crippen LogP contribution is 2.20. The predicted molar refractivity (Wildman–Crippen MR) is 81.0 cm³/mol. The molecule has 1 fully saturated rings. The number of rotatable bonds is 3. The van der Waals surface area contributed by atoms with Crippen LogP contribution in [0.15, 0.2) is 30.5 Å². The van der Waals surface area contributed by atoms with Gasteiger partial charge in [-0.05, 0) is 12.1 Å². The number of aryl methyl sites for hydroxylation is 1. The normalized spacial score (nSPS) is 15.0. The van der Waals surface area contributed by atoms with E-state index < -0.39 is 0 Å². The zero-order chi connectivity index (χ0) is 15.0. The van der Waals surface area contributed by atoms with E-state index in [0.29, 0.717) is 25.1 Å². The summed E-state index contributed by atoms with van der Waals surface area (Å²) in [5.74, 6) is 0.0704. The van der Waals surface area contributed by atoms with Crippen LogP contribution in [-0.2, 0) is 11.8 Å². The van der Waals surface area contributed by atoms with Gasteiger partial charge in [-0.25, -0.2) is 0 Å². The molecule has 2 aromatic rings. The monoisotopic (exact) mass is 285 g/mol. The van der Waals surface area contributed by atoms with Gasteiger partial charge in [0, 0.05) is 38.1 Å². The van der Waals surface area contributed by atoms with E-state index in [1.165, 1.54) is 0 Å². The molecule has 1 aliphatic rings. The minimum Gasteiger partial charge on any atom is -0.350 e. The number of amides is 2.